The number of piperazine rings is 1. The van der Waals surface area contributed by atoms with Crippen LogP contribution in [-0.4, -0.2) is 115 Å². The zero-order chi connectivity index (χ0) is 52.9. The second-order valence-electron chi connectivity index (χ2n) is 21.5. The van der Waals surface area contributed by atoms with E-state index in [4.69, 9.17) is 9.47 Å². The number of carbonyl (C=O) groups excluding carboxylic acids is 1. The number of amides is 1. The number of fused-ring (bicyclic) bond motifs is 2. The van der Waals surface area contributed by atoms with Crippen LogP contribution in [0.3, 0.4) is 0 Å². The van der Waals surface area contributed by atoms with Crippen molar-refractivity contribution in [2.75, 3.05) is 69.7 Å². The smallest absolute Gasteiger partial charge is 0.268 e. The molecule has 3 aromatic heterocycles. The van der Waals surface area contributed by atoms with Crippen LogP contribution in [0.25, 0.3) is 22.1 Å². The number of imidazole rings is 1. The monoisotopic (exact) mass is 1060 g/mol. The summed E-state index contributed by atoms with van der Waals surface area (Å²) >= 11 is 0. The number of carbonyl (C=O) groups is 1. The Kier molecular flexibility index (Phi) is 14.1. The Hall–Kier alpha value is -6.55. The maximum Gasteiger partial charge on any atom is 0.268 e. The normalized spacial score (nSPS) is 19.8. The third-order valence-corrected chi connectivity index (χ3v) is 17.6. The number of hydrogen-bond acceptors (Lipinski definition) is 12. The van der Waals surface area contributed by atoms with Crippen LogP contribution in [-0.2, 0) is 21.3 Å². The lowest BCUT2D eigenvalue weighted by Gasteiger charge is -2.58. The van der Waals surface area contributed by atoms with Gasteiger partial charge in [0.25, 0.3) is 15.9 Å². The molecule has 4 aliphatic rings. The van der Waals surface area contributed by atoms with Crippen molar-refractivity contribution in [3.63, 3.8) is 0 Å². The average molecular weight is 1060 g/mol. The summed E-state index contributed by atoms with van der Waals surface area (Å²) in [5.41, 5.74) is 3.68. The number of hydrogen-bond donors (Lipinski definition) is 5. The van der Waals surface area contributed by atoms with Crippen LogP contribution in [0, 0.1) is 22.3 Å². The highest BCUT2D eigenvalue weighted by molar-refractivity contribution is 7.90. The van der Waals surface area contributed by atoms with Crippen LogP contribution >= 0.6 is 0 Å². The lowest BCUT2D eigenvalue weighted by molar-refractivity contribution is -0.750. The second kappa shape index (κ2) is 20.8. The highest BCUT2D eigenvalue weighted by Crippen LogP contribution is 2.53. The number of rotatable bonds is 15. The third kappa shape index (κ3) is 10.4. The van der Waals surface area contributed by atoms with Gasteiger partial charge in [-0.15, -0.1) is 0 Å². The van der Waals surface area contributed by atoms with E-state index >= 15 is 4.39 Å². The number of halogens is 3. The molecule has 1 unspecified atom stereocenters. The van der Waals surface area contributed by atoms with Gasteiger partial charge in [-0.05, 0) is 90.1 Å². The molecule has 0 bridgehead atoms. The summed E-state index contributed by atoms with van der Waals surface area (Å²) in [6.07, 6.45) is 8.93. The van der Waals surface area contributed by atoms with E-state index in [1.165, 1.54) is 42.8 Å². The summed E-state index contributed by atoms with van der Waals surface area (Å²) in [6.45, 7) is 9.34. The zero-order valence-electron chi connectivity index (χ0n) is 42.8. The van der Waals surface area contributed by atoms with E-state index < -0.39 is 43.2 Å². The minimum absolute atomic E-state index is 0.0175. The largest absolute Gasteiger partial charge is 0.629 e. The van der Waals surface area contributed by atoms with E-state index in [-0.39, 0.29) is 77.8 Å². The van der Waals surface area contributed by atoms with E-state index in [0.717, 1.165) is 81.1 Å². The predicted molar refractivity (Wildman–Crippen MR) is 284 cm³/mol. The molecule has 3 saturated heterocycles. The number of aromatic nitrogens is 4. The van der Waals surface area contributed by atoms with Crippen molar-refractivity contribution in [3.05, 3.63) is 137 Å². The number of piperidine rings is 1. The summed E-state index contributed by atoms with van der Waals surface area (Å²) in [5.74, 6) is -1.85. The number of anilines is 2. The Balaban J connectivity index is 0.811. The van der Waals surface area contributed by atoms with Crippen LogP contribution in [0.5, 0.6) is 11.5 Å². The fourth-order valence-electron chi connectivity index (χ4n) is 12.0. The van der Waals surface area contributed by atoms with Crippen molar-refractivity contribution < 1.29 is 40.9 Å². The molecule has 16 nitrogen and oxygen atoms in total. The molecule has 11 rings (SSSR count). The number of aromatic amines is 2. The van der Waals surface area contributed by atoms with Crippen LogP contribution in [0.2, 0.25) is 0 Å². The van der Waals surface area contributed by atoms with Gasteiger partial charge in [0, 0.05) is 113 Å². The van der Waals surface area contributed by atoms with Crippen molar-refractivity contribution in [1.82, 2.24) is 34.5 Å². The van der Waals surface area contributed by atoms with Crippen LogP contribution < -0.4 is 24.7 Å². The molecule has 0 radical (unpaired) electrons. The number of alkyl halides is 1. The average Bonchev–Trinajstić information content (AvgIpc) is 4.13. The van der Waals surface area contributed by atoms with Gasteiger partial charge in [-0.3, -0.25) is 14.6 Å². The van der Waals surface area contributed by atoms with E-state index in [1.54, 1.807) is 36.5 Å². The Morgan fingerprint density at radius 2 is 1.74 bits per heavy atom. The zero-order valence-corrected chi connectivity index (χ0v) is 43.6. The second-order valence-corrected chi connectivity index (χ2v) is 23.1. The molecule has 4 fully saturated rings. The summed E-state index contributed by atoms with van der Waals surface area (Å²) in [4.78, 5) is 36.0. The van der Waals surface area contributed by atoms with E-state index in [2.05, 4.69) is 82.8 Å². The molecule has 2 atom stereocenters. The third-order valence-electron chi connectivity index (χ3n) is 16.2. The number of pyridine rings is 1. The number of sulfonamides is 1. The van der Waals surface area contributed by atoms with Gasteiger partial charge < -0.3 is 39.9 Å². The Labute approximate surface area is 439 Å². The van der Waals surface area contributed by atoms with Crippen molar-refractivity contribution in [2.45, 2.75) is 87.5 Å². The molecule has 1 spiro atoms. The maximum atomic E-state index is 15.7. The minimum atomic E-state index is -4.70. The quantitative estimate of drug-likeness (QED) is 0.0616. The van der Waals surface area contributed by atoms with Crippen molar-refractivity contribution in [1.29, 1.82) is 0 Å². The highest BCUT2D eigenvalue weighted by atomic mass is 32.2. The van der Waals surface area contributed by atoms with Crippen LogP contribution in [0.15, 0.2) is 102 Å². The number of nitrogens with zero attached hydrogens (tertiary/aromatic N) is 5. The number of benzene rings is 4. The molecule has 1 aliphatic carbocycles. The fraction of sp³-hybridized carbons (Fsp3) is 0.411. The number of ether oxygens (including phenoxy) is 2. The topological polar surface area (TPSA) is 188 Å². The first-order valence-electron chi connectivity index (χ1n) is 26.1. The lowest BCUT2D eigenvalue weighted by Crippen LogP contribution is -2.98. The van der Waals surface area contributed by atoms with Gasteiger partial charge in [0.15, 0.2) is 17.3 Å². The number of quaternary nitrogens is 1. The Morgan fingerprint density at radius 3 is 2.50 bits per heavy atom. The SMILES string of the molecule is CC(C)c1ccccc1[C@@H]1CN(Cc2ccc(F)c(F)c2)CCN1C1CC2(CCN(c3ccc(C(=O)NS(=O)(=O)c4cc([NH+](C)[O-])c(NCC5(F)CCOCC5)c5[nH]cnc45)c(Oc4cnc5[nH]ccc5c4)c3)CC2)C1. The first-order chi connectivity index (χ1) is 36.5. The molecule has 400 valence electrons. The van der Waals surface area contributed by atoms with Crippen molar-refractivity contribution >= 4 is 55.1 Å². The van der Waals surface area contributed by atoms with E-state index in [9.17, 15) is 27.2 Å². The minimum Gasteiger partial charge on any atom is -0.629 e. The van der Waals surface area contributed by atoms with E-state index in [1.807, 2.05) is 6.07 Å². The molecule has 76 heavy (non-hydrogen) atoms. The van der Waals surface area contributed by atoms with Gasteiger partial charge in [0.05, 0.1) is 30.7 Å². The molecular weight excluding hydrogens is 998 g/mol. The summed E-state index contributed by atoms with van der Waals surface area (Å²) in [6, 6.07) is 23.3. The Morgan fingerprint density at radius 1 is 0.947 bits per heavy atom. The summed E-state index contributed by atoms with van der Waals surface area (Å²) in [7, 11) is -3.41. The first-order valence-corrected chi connectivity index (χ1v) is 27.6. The fourth-order valence-corrected chi connectivity index (χ4v) is 13.1. The standard InChI is InChI=1S/C56H63F3N10O6S/c1-35(2)41-6-4-5-7-42(41)47-32-67(31-36-8-11-44(57)45(58)24-36)20-21-69(47)39-28-55(29-39)13-18-68(19-14-55)38-9-10-43(48(26-38)75-40-25-37-12-17-60-53(37)61-30-40)54(70)65-76(72,73)49-27-46(66(3)71)50(52-51(49)63-34-64-52)62-33-56(59)15-22-74-23-16-56/h4-12,17,24-27,30,34-35,39,47,62,66H,13-16,18-23,28-29,31-33H2,1-3H3,(H,60,61)(H,63,64)(H,65,70)/t47-/m0/s1. The van der Waals surface area contributed by atoms with Gasteiger partial charge in [-0.2, -0.15) is 0 Å². The van der Waals surface area contributed by atoms with Gasteiger partial charge in [-0.1, -0.05) is 44.2 Å². The molecule has 1 saturated carbocycles. The maximum absolute atomic E-state index is 15.7. The van der Waals surface area contributed by atoms with Gasteiger partial charge >= 0.3 is 0 Å². The molecule has 6 heterocycles. The van der Waals surface area contributed by atoms with Gasteiger partial charge in [0.1, 0.15) is 38.9 Å². The van der Waals surface area contributed by atoms with Crippen molar-refractivity contribution in [3.8, 4) is 11.5 Å². The summed E-state index contributed by atoms with van der Waals surface area (Å²) in [5, 5.41) is 16.5. The Bertz CT molecular complexity index is 3380. The molecular formula is C56H63F3N10O6S. The molecule has 4 aromatic carbocycles. The molecule has 3 aliphatic heterocycles. The lowest BCUT2D eigenvalue weighted by atomic mass is 9.59. The van der Waals surface area contributed by atoms with Crippen LogP contribution in [0.1, 0.15) is 91.4 Å². The van der Waals surface area contributed by atoms with E-state index in [0.29, 0.717) is 29.9 Å². The number of hydroxylamine groups is 1. The van der Waals surface area contributed by atoms with Crippen LogP contribution in [0.4, 0.5) is 30.2 Å². The predicted octanol–water partition coefficient (Wildman–Crippen LogP) is 8.63. The molecule has 7 aromatic rings. The highest BCUT2D eigenvalue weighted by Gasteiger charge is 2.50. The first kappa shape index (κ1) is 51.6. The van der Waals surface area contributed by atoms with Crippen molar-refractivity contribution in [2.24, 2.45) is 5.41 Å². The molecule has 5 N–H and O–H groups in total. The number of nitrogens with one attached hydrogen (secondary N) is 5. The number of H-pyrrole nitrogens is 2. The van der Waals surface area contributed by atoms with Gasteiger partial charge in [-0.25, -0.2) is 36.3 Å². The molecule has 1 amide bonds. The van der Waals surface area contributed by atoms with Gasteiger partial charge in [0.2, 0.25) is 0 Å². The molecule has 20 heteroatoms. The summed E-state index contributed by atoms with van der Waals surface area (Å²) < 4.78 is 86.5.